The summed E-state index contributed by atoms with van der Waals surface area (Å²) in [6.45, 7) is 1.33. The summed E-state index contributed by atoms with van der Waals surface area (Å²) in [5.74, 6) is -1.30. The third kappa shape index (κ3) is 3.77. The Bertz CT molecular complexity index is 712. The molecule has 2 aromatic rings. The molecular weight excluding hydrogens is 329 g/mol. The zero-order chi connectivity index (χ0) is 17.1. The topological polar surface area (TPSA) is 40.5 Å². The van der Waals surface area contributed by atoms with E-state index >= 15 is 0 Å². The van der Waals surface area contributed by atoms with Gasteiger partial charge in [-0.05, 0) is 61.3 Å². The van der Waals surface area contributed by atoms with Crippen molar-refractivity contribution >= 4 is 17.6 Å². The molecule has 1 unspecified atom stereocenters. The first-order valence-electron chi connectivity index (χ1n) is 8.02. The number of hydrogen-bond donors (Lipinski definition) is 1. The molecule has 1 fully saturated rings. The average Bonchev–Trinajstić information content (AvgIpc) is 2.57. The van der Waals surface area contributed by atoms with E-state index in [1.54, 1.807) is 12.1 Å². The molecular formula is C19H19ClFNO2. The van der Waals surface area contributed by atoms with Gasteiger partial charge in [0.2, 0.25) is 0 Å². The number of nitrogens with zero attached hydrogens (tertiary/aromatic N) is 1. The Kier molecular flexibility index (Phi) is 5.17. The maximum absolute atomic E-state index is 13.7. The molecule has 1 aliphatic rings. The van der Waals surface area contributed by atoms with Gasteiger partial charge in [0.05, 0.1) is 12.0 Å². The molecule has 24 heavy (non-hydrogen) atoms. The Balaban J connectivity index is 1.91. The van der Waals surface area contributed by atoms with Crippen molar-refractivity contribution in [2.24, 2.45) is 5.92 Å². The summed E-state index contributed by atoms with van der Waals surface area (Å²) in [5.41, 5.74) is 1.89. The number of carboxylic acids is 1. The van der Waals surface area contributed by atoms with E-state index in [0.29, 0.717) is 31.0 Å². The quantitative estimate of drug-likeness (QED) is 0.893. The van der Waals surface area contributed by atoms with Crippen molar-refractivity contribution in [3.8, 4) is 0 Å². The lowest BCUT2D eigenvalue weighted by atomic mass is 9.91. The van der Waals surface area contributed by atoms with Gasteiger partial charge in [0, 0.05) is 5.02 Å². The van der Waals surface area contributed by atoms with Crippen LogP contribution in [0.25, 0.3) is 0 Å². The van der Waals surface area contributed by atoms with Gasteiger partial charge in [0.25, 0.3) is 0 Å². The molecule has 0 bridgehead atoms. The highest BCUT2D eigenvalue weighted by Gasteiger charge is 2.30. The van der Waals surface area contributed by atoms with Crippen LogP contribution in [0.2, 0.25) is 5.02 Å². The van der Waals surface area contributed by atoms with Crippen molar-refractivity contribution in [1.82, 2.24) is 4.90 Å². The number of carbonyl (C=O) groups is 1. The molecule has 0 amide bonds. The van der Waals surface area contributed by atoms with Gasteiger partial charge in [-0.1, -0.05) is 35.9 Å². The monoisotopic (exact) mass is 347 g/mol. The van der Waals surface area contributed by atoms with Crippen molar-refractivity contribution in [2.75, 3.05) is 13.1 Å². The number of halogens is 2. The van der Waals surface area contributed by atoms with E-state index in [4.69, 9.17) is 11.6 Å². The molecule has 1 heterocycles. The van der Waals surface area contributed by atoms with E-state index in [2.05, 4.69) is 4.90 Å². The van der Waals surface area contributed by atoms with Gasteiger partial charge in [0.15, 0.2) is 0 Å². The number of aliphatic carboxylic acids is 1. The summed E-state index contributed by atoms with van der Waals surface area (Å²) in [7, 11) is 0. The molecule has 5 heteroatoms. The number of hydrogen-bond acceptors (Lipinski definition) is 2. The third-order valence-corrected chi connectivity index (χ3v) is 4.85. The van der Waals surface area contributed by atoms with Crippen LogP contribution < -0.4 is 0 Å². The molecule has 3 nitrogen and oxygen atoms in total. The largest absolute Gasteiger partial charge is 0.481 e. The number of likely N-dealkylation sites (tertiary alicyclic amines) is 1. The Labute approximate surface area is 145 Å². The fraction of sp³-hybridized carbons (Fsp3) is 0.316. The fourth-order valence-electron chi connectivity index (χ4n) is 3.34. The van der Waals surface area contributed by atoms with Crippen LogP contribution in [0, 0.1) is 11.7 Å². The second-order valence-corrected chi connectivity index (χ2v) is 6.59. The van der Waals surface area contributed by atoms with Crippen molar-refractivity contribution in [1.29, 1.82) is 0 Å². The summed E-state index contributed by atoms with van der Waals surface area (Å²) in [6, 6.07) is 14.0. The second-order valence-electron chi connectivity index (χ2n) is 6.16. The van der Waals surface area contributed by atoms with E-state index in [9.17, 15) is 14.3 Å². The summed E-state index contributed by atoms with van der Waals surface area (Å²) in [5, 5.41) is 9.84. The lowest BCUT2D eigenvalue weighted by molar-refractivity contribution is -0.143. The lowest BCUT2D eigenvalue weighted by Gasteiger charge is -2.37. The molecule has 126 valence electrons. The highest BCUT2D eigenvalue weighted by Crippen LogP contribution is 2.33. The molecule has 1 N–H and O–H groups in total. The third-order valence-electron chi connectivity index (χ3n) is 4.59. The maximum Gasteiger partial charge on any atom is 0.306 e. The van der Waals surface area contributed by atoms with Crippen LogP contribution >= 0.6 is 11.6 Å². The Morgan fingerprint density at radius 1 is 1.12 bits per heavy atom. The van der Waals surface area contributed by atoms with Crippen molar-refractivity contribution < 1.29 is 14.3 Å². The molecule has 2 aromatic carbocycles. The maximum atomic E-state index is 13.7. The van der Waals surface area contributed by atoms with Gasteiger partial charge in [-0.2, -0.15) is 0 Å². The van der Waals surface area contributed by atoms with Gasteiger partial charge in [-0.3, -0.25) is 9.69 Å². The Morgan fingerprint density at radius 2 is 1.79 bits per heavy atom. The molecule has 0 spiro atoms. The molecule has 0 aliphatic carbocycles. The van der Waals surface area contributed by atoms with Crippen LogP contribution in [0.3, 0.4) is 0 Å². The number of benzene rings is 2. The zero-order valence-corrected chi connectivity index (χ0v) is 13.9. The van der Waals surface area contributed by atoms with Gasteiger partial charge < -0.3 is 5.11 Å². The Hall–Kier alpha value is -1.91. The first kappa shape index (κ1) is 16.9. The minimum Gasteiger partial charge on any atom is -0.481 e. The number of carboxylic acid groups (broad SMARTS) is 1. The van der Waals surface area contributed by atoms with Gasteiger partial charge in [-0.25, -0.2) is 4.39 Å². The molecule has 1 aliphatic heterocycles. The average molecular weight is 348 g/mol. The van der Waals surface area contributed by atoms with Gasteiger partial charge in [-0.15, -0.1) is 0 Å². The minimum absolute atomic E-state index is 0.104. The second kappa shape index (κ2) is 7.32. The summed E-state index contributed by atoms with van der Waals surface area (Å²) in [6.07, 6.45) is 1.21. The van der Waals surface area contributed by atoms with Crippen LogP contribution in [-0.4, -0.2) is 29.1 Å². The molecule has 0 saturated carbocycles. The smallest absolute Gasteiger partial charge is 0.306 e. The summed E-state index contributed by atoms with van der Waals surface area (Å²) >= 11 is 5.99. The Morgan fingerprint density at radius 3 is 2.38 bits per heavy atom. The predicted octanol–water partition coefficient (Wildman–Crippen LogP) is 4.37. The predicted molar refractivity (Wildman–Crippen MR) is 91.6 cm³/mol. The molecule has 1 saturated heterocycles. The van der Waals surface area contributed by atoms with Crippen molar-refractivity contribution in [2.45, 2.75) is 18.9 Å². The fourth-order valence-corrected chi connectivity index (χ4v) is 3.47. The van der Waals surface area contributed by atoms with Crippen molar-refractivity contribution in [3.63, 3.8) is 0 Å². The summed E-state index contributed by atoms with van der Waals surface area (Å²) in [4.78, 5) is 13.4. The van der Waals surface area contributed by atoms with E-state index in [1.807, 2.05) is 30.3 Å². The molecule has 1 atom stereocenters. The highest BCUT2D eigenvalue weighted by molar-refractivity contribution is 6.30. The van der Waals surface area contributed by atoms with Crippen LogP contribution in [0.15, 0.2) is 48.5 Å². The van der Waals surface area contributed by atoms with Crippen LogP contribution in [0.5, 0.6) is 0 Å². The highest BCUT2D eigenvalue weighted by atomic mass is 35.5. The van der Waals surface area contributed by atoms with Crippen LogP contribution in [0.1, 0.15) is 30.0 Å². The van der Waals surface area contributed by atoms with Gasteiger partial charge in [0.1, 0.15) is 5.82 Å². The lowest BCUT2D eigenvalue weighted by Crippen LogP contribution is -2.39. The minimum atomic E-state index is -0.733. The normalized spacial score (nSPS) is 17.6. The van der Waals surface area contributed by atoms with Crippen LogP contribution in [-0.2, 0) is 4.79 Å². The summed E-state index contributed by atoms with van der Waals surface area (Å²) < 4.78 is 13.7. The number of piperidine rings is 1. The van der Waals surface area contributed by atoms with E-state index < -0.39 is 5.97 Å². The molecule has 3 rings (SSSR count). The zero-order valence-electron chi connectivity index (χ0n) is 13.2. The van der Waals surface area contributed by atoms with Crippen molar-refractivity contribution in [3.05, 3.63) is 70.5 Å². The van der Waals surface area contributed by atoms with E-state index in [1.165, 1.54) is 6.07 Å². The first-order chi connectivity index (χ1) is 11.5. The van der Waals surface area contributed by atoms with E-state index in [0.717, 1.165) is 11.1 Å². The van der Waals surface area contributed by atoms with Crippen LogP contribution in [0.4, 0.5) is 4.39 Å². The SMILES string of the molecule is O=C(O)C1CCN(C(c2ccc(Cl)cc2)c2cccc(F)c2)CC1. The molecule has 0 radical (unpaired) electrons. The number of rotatable bonds is 4. The molecule has 0 aromatic heterocycles. The first-order valence-corrected chi connectivity index (χ1v) is 8.40. The van der Waals surface area contributed by atoms with E-state index in [-0.39, 0.29) is 17.8 Å². The standard InChI is InChI=1S/C19H19ClFNO2/c20-16-6-4-13(5-7-16)18(15-2-1-3-17(21)12-15)22-10-8-14(9-11-22)19(23)24/h1-7,12,14,18H,8-11H2,(H,23,24). The van der Waals surface area contributed by atoms with Gasteiger partial charge >= 0.3 is 5.97 Å².